The van der Waals surface area contributed by atoms with Gasteiger partial charge < -0.3 is 9.47 Å². The Hall–Kier alpha value is -2.50. The number of hydrogen-bond acceptors (Lipinski definition) is 5. The quantitative estimate of drug-likeness (QED) is 0.526. The number of morpholine rings is 1. The van der Waals surface area contributed by atoms with E-state index < -0.39 is 5.97 Å². The molecule has 5 nitrogen and oxygen atoms in total. The number of carbonyl (C=O) groups is 2. The molecular formula is C24H29NO4. The van der Waals surface area contributed by atoms with Crippen LogP contribution in [0.3, 0.4) is 0 Å². The van der Waals surface area contributed by atoms with Gasteiger partial charge in [-0.2, -0.15) is 0 Å². The molecule has 29 heavy (non-hydrogen) atoms. The molecule has 0 N–H and O–H groups in total. The van der Waals surface area contributed by atoms with Crippen LogP contribution in [0.4, 0.5) is 0 Å². The molecule has 2 aromatic carbocycles. The van der Waals surface area contributed by atoms with Crippen molar-refractivity contribution < 1.29 is 19.1 Å². The van der Waals surface area contributed by atoms with Crippen molar-refractivity contribution in [3.05, 3.63) is 70.8 Å². The molecule has 0 amide bonds. The number of nitrogens with zero attached hydrogens (tertiary/aromatic N) is 1. The fourth-order valence-electron chi connectivity index (χ4n) is 3.64. The van der Waals surface area contributed by atoms with Gasteiger partial charge in [0.15, 0.2) is 12.4 Å². The molecule has 0 saturated carbocycles. The van der Waals surface area contributed by atoms with E-state index in [0.29, 0.717) is 11.1 Å². The highest BCUT2D eigenvalue weighted by molar-refractivity contribution is 5.99. The minimum atomic E-state index is -0.483. The molecule has 1 heterocycles. The van der Waals surface area contributed by atoms with Crippen molar-refractivity contribution in [2.75, 3.05) is 19.7 Å². The van der Waals surface area contributed by atoms with Gasteiger partial charge in [-0.1, -0.05) is 43.3 Å². The zero-order valence-electron chi connectivity index (χ0n) is 17.4. The van der Waals surface area contributed by atoms with Crippen molar-refractivity contribution in [3.8, 4) is 0 Å². The maximum atomic E-state index is 12.3. The highest BCUT2D eigenvalue weighted by atomic mass is 16.5. The van der Waals surface area contributed by atoms with Crippen LogP contribution in [0.15, 0.2) is 48.5 Å². The summed E-state index contributed by atoms with van der Waals surface area (Å²) in [6.07, 6.45) is 1.37. The third-order valence-electron chi connectivity index (χ3n) is 5.11. The van der Waals surface area contributed by atoms with Crippen molar-refractivity contribution in [2.45, 2.75) is 45.9 Å². The molecule has 1 saturated heterocycles. The van der Waals surface area contributed by atoms with Gasteiger partial charge in [0, 0.05) is 25.2 Å². The van der Waals surface area contributed by atoms with Gasteiger partial charge in [0.25, 0.3) is 0 Å². The Labute approximate surface area is 172 Å². The Morgan fingerprint density at radius 3 is 2.07 bits per heavy atom. The maximum Gasteiger partial charge on any atom is 0.338 e. The molecular weight excluding hydrogens is 366 g/mol. The van der Waals surface area contributed by atoms with Gasteiger partial charge in [0.05, 0.1) is 17.8 Å². The largest absolute Gasteiger partial charge is 0.454 e. The van der Waals surface area contributed by atoms with Crippen molar-refractivity contribution in [3.63, 3.8) is 0 Å². The molecule has 0 spiro atoms. The molecule has 1 aliphatic heterocycles. The van der Waals surface area contributed by atoms with Crippen LogP contribution in [0.25, 0.3) is 0 Å². The van der Waals surface area contributed by atoms with E-state index in [4.69, 9.17) is 9.47 Å². The van der Waals surface area contributed by atoms with Gasteiger partial charge in [-0.05, 0) is 43.5 Å². The van der Waals surface area contributed by atoms with Crippen LogP contribution in [0.5, 0.6) is 0 Å². The van der Waals surface area contributed by atoms with Crippen LogP contribution in [0, 0.1) is 0 Å². The van der Waals surface area contributed by atoms with Crippen LogP contribution < -0.4 is 0 Å². The van der Waals surface area contributed by atoms with Gasteiger partial charge in [-0.25, -0.2) is 4.79 Å². The summed E-state index contributed by atoms with van der Waals surface area (Å²) in [5.74, 6) is -0.683. The van der Waals surface area contributed by atoms with E-state index in [2.05, 4.69) is 25.7 Å². The number of ether oxygens (including phenoxy) is 2. The van der Waals surface area contributed by atoms with Crippen LogP contribution in [0.2, 0.25) is 0 Å². The molecule has 2 unspecified atom stereocenters. The first kappa shape index (κ1) is 21.2. The van der Waals surface area contributed by atoms with E-state index in [1.54, 1.807) is 24.3 Å². The van der Waals surface area contributed by atoms with E-state index in [-0.39, 0.29) is 24.6 Å². The first-order chi connectivity index (χ1) is 13.9. The number of ketones is 1. The Kier molecular flexibility index (Phi) is 7.18. The zero-order chi connectivity index (χ0) is 20.8. The maximum absolute atomic E-state index is 12.3. The predicted molar refractivity (Wildman–Crippen MR) is 112 cm³/mol. The summed E-state index contributed by atoms with van der Waals surface area (Å²) in [7, 11) is 0. The Morgan fingerprint density at radius 2 is 1.48 bits per heavy atom. The molecule has 0 radical (unpaired) electrons. The fraction of sp³-hybridized carbons (Fsp3) is 0.417. The SMILES string of the molecule is CCc1ccc(C(=O)COC(=O)c2ccc(CN3CC(C)OC(C)C3)cc2)cc1. The fourth-order valence-corrected chi connectivity index (χ4v) is 3.64. The van der Waals surface area contributed by atoms with E-state index in [1.807, 2.05) is 24.3 Å². The van der Waals surface area contributed by atoms with E-state index >= 15 is 0 Å². The van der Waals surface area contributed by atoms with Crippen molar-refractivity contribution >= 4 is 11.8 Å². The summed E-state index contributed by atoms with van der Waals surface area (Å²) >= 11 is 0. The molecule has 3 rings (SSSR count). The lowest BCUT2D eigenvalue weighted by Crippen LogP contribution is -2.44. The Bertz CT molecular complexity index is 819. The summed E-state index contributed by atoms with van der Waals surface area (Å²) in [5.41, 5.74) is 3.31. The van der Waals surface area contributed by atoms with Crippen LogP contribution in [-0.4, -0.2) is 48.6 Å². The predicted octanol–water partition coefficient (Wildman–Crippen LogP) is 3.90. The second-order valence-corrected chi connectivity index (χ2v) is 7.70. The van der Waals surface area contributed by atoms with Gasteiger partial charge in [0.2, 0.25) is 0 Å². The average Bonchev–Trinajstić information content (AvgIpc) is 2.71. The average molecular weight is 395 g/mol. The molecule has 0 aromatic heterocycles. The highest BCUT2D eigenvalue weighted by Crippen LogP contribution is 2.15. The molecule has 154 valence electrons. The van der Waals surface area contributed by atoms with Gasteiger partial charge >= 0.3 is 5.97 Å². The topological polar surface area (TPSA) is 55.8 Å². The number of carbonyl (C=O) groups excluding carboxylic acids is 2. The normalized spacial score (nSPS) is 19.7. The number of esters is 1. The third kappa shape index (κ3) is 5.99. The van der Waals surface area contributed by atoms with Crippen LogP contribution >= 0.6 is 0 Å². The lowest BCUT2D eigenvalue weighted by molar-refractivity contribution is -0.0704. The highest BCUT2D eigenvalue weighted by Gasteiger charge is 2.22. The summed E-state index contributed by atoms with van der Waals surface area (Å²) in [6, 6.07) is 14.8. The Balaban J connectivity index is 1.51. The minimum absolute atomic E-state index is 0.201. The smallest absolute Gasteiger partial charge is 0.338 e. The number of aryl methyl sites for hydroxylation is 1. The molecule has 5 heteroatoms. The summed E-state index contributed by atoms with van der Waals surface area (Å²) < 4.78 is 11.0. The third-order valence-corrected chi connectivity index (χ3v) is 5.11. The second kappa shape index (κ2) is 9.81. The molecule has 2 atom stereocenters. The lowest BCUT2D eigenvalue weighted by atomic mass is 10.1. The molecule has 2 aromatic rings. The zero-order valence-corrected chi connectivity index (χ0v) is 17.4. The van der Waals surface area contributed by atoms with Crippen molar-refractivity contribution in [1.82, 2.24) is 4.90 Å². The summed E-state index contributed by atoms with van der Waals surface area (Å²) in [6.45, 7) is 8.59. The lowest BCUT2D eigenvalue weighted by Gasteiger charge is -2.35. The number of hydrogen-bond donors (Lipinski definition) is 0. The molecule has 0 aliphatic carbocycles. The van der Waals surface area contributed by atoms with Crippen molar-refractivity contribution in [2.24, 2.45) is 0 Å². The monoisotopic (exact) mass is 395 g/mol. The van der Waals surface area contributed by atoms with Gasteiger partial charge in [-0.15, -0.1) is 0 Å². The molecule has 1 fully saturated rings. The Morgan fingerprint density at radius 1 is 0.931 bits per heavy atom. The van der Waals surface area contributed by atoms with E-state index in [0.717, 1.165) is 31.6 Å². The van der Waals surface area contributed by atoms with Gasteiger partial charge in [-0.3, -0.25) is 9.69 Å². The van der Waals surface area contributed by atoms with E-state index in [9.17, 15) is 9.59 Å². The van der Waals surface area contributed by atoms with Gasteiger partial charge in [0.1, 0.15) is 0 Å². The number of benzene rings is 2. The second-order valence-electron chi connectivity index (χ2n) is 7.70. The number of rotatable bonds is 7. The van der Waals surface area contributed by atoms with Crippen LogP contribution in [-0.2, 0) is 22.4 Å². The van der Waals surface area contributed by atoms with Crippen LogP contribution in [0.1, 0.15) is 52.6 Å². The first-order valence-electron chi connectivity index (χ1n) is 10.2. The first-order valence-corrected chi connectivity index (χ1v) is 10.2. The standard InChI is InChI=1S/C24H29NO4/c1-4-19-5-9-21(10-6-19)23(26)16-28-24(27)22-11-7-20(8-12-22)15-25-13-17(2)29-18(3)14-25/h5-12,17-18H,4,13-16H2,1-3H3. The minimum Gasteiger partial charge on any atom is -0.454 e. The summed E-state index contributed by atoms with van der Waals surface area (Å²) in [5, 5.41) is 0. The summed E-state index contributed by atoms with van der Waals surface area (Å²) in [4.78, 5) is 26.8. The van der Waals surface area contributed by atoms with E-state index in [1.165, 1.54) is 5.56 Å². The molecule has 1 aliphatic rings. The molecule has 0 bridgehead atoms. The van der Waals surface area contributed by atoms with Crippen molar-refractivity contribution in [1.29, 1.82) is 0 Å². The number of Topliss-reactive ketones (excluding diaryl/α,β-unsaturated/α-hetero) is 1.